The van der Waals surface area contributed by atoms with E-state index in [-0.39, 0.29) is 11.3 Å². The Hall–Kier alpha value is -1.13. The smallest absolute Gasteiger partial charge is 0.246 e. The molecule has 0 N–H and O–H groups in total. The van der Waals surface area contributed by atoms with Crippen LogP contribution in [0.3, 0.4) is 0 Å². The van der Waals surface area contributed by atoms with Crippen molar-refractivity contribution >= 4 is 5.91 Å². The van der Waals surface area contributed by atoms with E-state index in [0.29, 0.717) is 26.3 Å². The normalized spacial score (nSPS) is 27.2. The molecule has 1 spiro atoms. The SMILES string of the molecule is CC1=C(C=CC(=O)N2CCC3(CC2)OCCO3)C(C)(C)CCC1. The lowest BCUT2D eigenvalue weighted by atomic mass is 9.72. The van der Waals surface area contributed by atoms with Crippen LogP contribution in [0.1, 0.15) is 52.9 Å². The number of carbonyl (C=O) groups is 1. The van der Waals surface area contributed by atoms with Crippen molar-refractivity contribution in [2.75, 3.05) is 26.3 Å². The highest BCUT2D eigenvalue weighted by Crippen LogP contribution is 2.40. The predicted molar refractivity (Wildman–Crippen MR) is 89.9 cm³/mol. The molecule has 0 saturated carbocycles. The van der Waals surface area contributed by atoms with Gasteiger partial charge in [-0.25, -0.2) is 0 Å². The number of rotatable bonds is 2. The summed E-state index contributed by atoms with van der Waals surface area (Å²) in [6.45, 7) is 9.53. The number of amides is 1. The van der Waals surface area contributed by atoms with E-state index in [4.69, 9.17) is 9.47 Å². The van der Waals surface area contributed by atoms with Crippen molar-refractivity contribution in [3.8, 4) is 0 Å². The van der Waals surface area contributed by atoms with Gasteiger partial charge in [0.1, 0.15) is 0 Å². The van der Waals surface area contributed by atoms with E-state index < -0.39 is 5.79 Å². The zero-order valence-electron chi connectivity index (χ0n) is 14.7. The van der Waals surface area contributed by atoms with E-state index in [9.17, 15) is 4.79 Å². The molecule has 4 nitrogen and oxygen atoms in total. The van der Waals surface area contributed by atoms with Crippen LogP contribution in [0, 0.1) is 5.41 Å². The van der Waals surface area contributed by atoms with Gasteiger partial charge in [-0.1, -0.05) is 25.5 Å². The Morgan fingerprint density at radius 1 is 1.13 bits per heavy atom. The summed E-state index contributed by atoms with van der Waals surface area (Å²) in [5, 5.41) is 0. The minimum Gasteiger partial charge on any atom is -0.347 e. The van der Waals surface area contributed by atoms with Crippen molar-refractivity contribution in [3.63, 3.8) is 0 Å². The molecule has 3 rings (SSSR count). The number of hydrogen-bond acceptors (Lipinski definition) is 3. The van der Waals surface area contributed by atoms with E-state index in [1.807, 2.05) is 4.90 Å². The van der Waals surface area contributed by atoms with Crippen LogP contribution in [-0.4, -0.2) is 42.9 Å². The number of ether oxygens (including phenoxy) is 2. The van der Waals surface area contributed by atoms with Gasteiger partial charge in [-0.05, 0) is 37.2 Å². The highest BCUT2D eigenvalue weighted by Gasteiger charge is 2.40. The van der Waals surface area contributed by atoms with Gasteiger partial charge in [0, 0.05) is 32.0 Å². The van der Waals surface area contributed by atoms with Gasteiger partial charge >= 0.3 is 0 Å². The second kappa shape index (κ2) is 6.40. The van der Waals surface area contributed by atoms with Gasteiger partial charge in [-0.3, -0.25) is 4.79 Å². The van der Waals surface area contributed by atoms with Crippen LogP contribution in [0.4, 0.5) is 0 Å². The molecule has 0 aromatic carbocycles. The van der Waals surface area contributed by atoms with Crippen molar-refractivity contribution in [2.24, 2.45) is 5.41 Å². The van der Waals surface area contributed by atoms with Crippen LogP contribution in [0.5, 0.6) is 0 Å². The topological polar surface area (TPSA) is 38.8 Å². The molecule has 2 aliphatic heterocycles. The summed E-state index contributed by atoms with van der Waals surface area (Å²) in [6, 6.07) is 0. The fourth-order valence-electron chi connectivity index (χ4n) is 4.12. The van der Waals surface area contributed by atoms with Gasteiger partial charge in [0.25, 0.3) is 0 Å². The maximum absolute atomic E-state index is 12.5. The molecule has 128 valence electrons. The van der Waals surface area contributed by atoms with Crippen molar-refractivity contribution in [3.05, 3.63) is 23.3 Å². The fraction of sp³-hybridized carbons (Fsp3) is 0.737. The molecular weight excluding hydrogens is 290 g/mol. The summed E-state index contributed by atoms with van der Waals surface area (Å²) in [5.41, 5.74) is 2.94. The summed E-state index contributed by atoms with van der Waals surface area (Å²) < 4.78 is 11.4. The van der Waals surface area contributed by atoms with Gasteiger partial charge < -0.3 is 14.4 Å². The Morgan fingerprint density at radius 2 is 1.78 bits per heavy atom. The molecule has 2 fully saturated rings. The van der Waals surface area contributed by atoms with Gasteiger partial charge in [0.15, 0.2) is 5.79 Å². The molecule has 1 aliphatic carbocycles. The average Bonchev–Trinajstić information content (AvgIpc) is 2.95. The molecule has 2 saturated heterocycles. The number of hydrogen-bond donors (Lipinski definition) is 0. The molecule has 3 aliphatic rings. The molecule has 4 heteroatoms. The second-order valence-electron chi connectivity index (χ2n) is 7.70. The minimum absolute atomic E-state index is 0.111. The fourth-order valence-corrected chi connectivity index (χ4v) is 4.12. The van der Waals surface area contributed by atoms with E-state index in [1.165, 1.54) is 24.0 Å². The molecular formula is C19H29NO3. The van der Waals surface area contributed by atoms with Crippen molar-refractivity contribution in [1.29, 1.82) is 0 Å². The molecule has 0 aromatic heterocycles. The highest BCUT2D eigenvalue weighted by atomic mass is 16.7. The standard InChI is InChI=1S/C19H29NO3/c1-15-5-4-8-18(2,3)16(15)6-7-17(21)20-11-9-19(10-12-20)22-13-14-23-19/h6-7H,4-5,8-14H2,1-3H3. The lowest BCUT2D eigenvalue weighted by molar-refractivity contribution is -0.186. The predicted octanol–water partition coefficient (Wildman–Crippen LogP) is 3.43. The molecule has 23 heavy (non-hydrogen) atoms. The average molecular weight is 319 g/mol. The molecule has 0 bridgehead atoms. The number of allylic oxidation sites excluding steroid dienone is 3. The van der Waals surface area contributed by atoms with Crippen LogP contribution in [0.2, 0.25) is 0 Å². The van der Waals surface area contributed by atoms with Crippen LogP contribution in [0.25, 0.3) is 0 Å². The lowest BCUT2D eigenvalue weighted by Crippen LogP contribution is -2.46. The van der Waals surface area contributed by atoms with Crippen molar-refractivity contribution in [1.82, 2.24) is 4.90 Å². The van der Waals surface area contributed by atoms with Crippen molar-refractivity contribution < 1.29 is 14.3 Å². The maximum atomic E-state index is 12.5. The van der Waals surface area contributed by atoms with Crippen LogP contribution >= 0.6 is 0 Å². The van der Waals surface area contributed by atoms with Crippen LogP contribution < -0.4 is 0 Å². The van der Waals surface area contributed by atoms with Crippen LogP contribution in [-0.2, 0) is 14.3 Å². The van der Waals surface area contributed by atoms with E-state index in [1.54, 1.807) is 6.08 Å². The zero-order chi connectivity index (χ0) is 16.5. The minimum atomic E-state index is -0.412. The van der Waals surface area contributed by atoms with E-state index >= 15 is 0 Å². The van der Waals surface area contributed by atoms with E-state index in [0.717, 1.165) is 19.3 Å². The Morgan fingerprint density at radius 3 is 2.39 bits per heavy atom. The van der Waals surface area contributed by atoms with Gasteiger partial charge in [-0.2, -0.15) is 0 Å². The van der Waals surface area contributed by atoms with Gasteiger partial charge in [0.05, 0.1) is 13.2 Å². The Bertz CT molecular complexity index is 517. The first kappa shape index (κ1) is 16.7. The van der Waals surface area contributed by atoms with E-state index in [2.05, 4.69) is 26.8 Å². The maximum Gasteiger partial charge on any atom is 0.246 e. The monoisotopic (exact) mass is 319 g/mol. The summed E-state index contributed by atoms with van der Waals surface area (Å²) in [7, 11) is 0. The molecule has 2 heterocycles. The molecule has 0 unspecified atom stereocenters. The first-order valence-corrected chi connectivity index (χ1v) is 8.87. The quantitative estimate of drug-likeness (QED) is 0.732. The third-order valence-corrected chi connectivity index (χ3v) is 5.59. The van der Waals surface area contributed by atoms with Crippen molar-refractivity contribution in [2.45, 2.75) is 58.7 Å². The summed E-state index contributed by atoms with van der Waals surface area (Å²) in [4.78, 5) is 14.4. The number of likely N-dealkylation sites (tertiary alicyclic amines) is 1. The molecule has 1 amide bonds. The summed E-state index contributed by atoms with van der Waals surface area (Å²) >= 11 is 0. The Kier molecular flexibility index (Phi) is 4.65. The number of nitrogens with zero attached hydrogens (tertiary/aromatic N) is 1. The number of piperidine rings is 1. The zero-order valence-corrected chi connectivity index (χ0v) is 14.7. The molecule has 0 aromatic rings. The highest BCUT2D eigenvalue weighted by molar-refractivity contribution is 5.88. The summed E-state index contributed by atoms with van der Waals surface area (Å²) in [5.74, 6) is -0.301. The summed E-state index contributed by atoms with van der Waals surface area (Å²) in [6.07, 6.45) is 8.97. The first-order valence-electron chi connectivity index (χ1n) is 8.87. The van der Waals surface area contributed by atoms with Crippen LogP contribution in [0.15, 0.2) is 23.3 Å². The molecule has 0 radical (unpaired) electrons. The Balaban J connectivity index is 1.61. The largest absolute Gasteiger partial charge is 0.347 e. The third kappa shape index (κ3) is 3.53. The van der Waals surface area contributed by atoms with Gasteiger partial charge in [0.2, 0.25) is 5.91 Å². The lowest BCUT2D eigenvalue weighted by Gasteiger charge is -2.37. The third-order valence-electron chi connectivity index (χ3n) is 5.59. The Labute approximate surface area is 139 Å². The molecule has 0 atom stereocenters. The van der Waals surface area contributed by atoms with Gasteiger partial charge in [-0.15, -0.1) is 0 Å². The number of carbonyl (C=O) groups excluding carboxylic acids is 1. The first-order chi connectivity index (χ1) is 10.9. The second-order valence-corrected chi connectivity index (χ2v) is 7.70.